The maximum absolute atomic E-state index is 12.0. The molecule has 0 spiro atoms. The standard InChI is InChI=1S/C17H18ClNO4S/c1-4-22-17(21)16-11(3)8-15(24-16)19-14(20)9-23-13-7-10(2)5-6-12(13)18/h5-8H,4,9H2,1-3H3,(H,19,20). The minimum absolute atomic E-state index is 0.172. The summed E-state index contributed by atoms with van der Waals surface area (Å²) in [6, 6.07) is 7.08. The van der Waals surface area contributed by atoms with E-state index in [1.54, 1.807) is 32.0 Å². The number of thiophene rings is 1. The number of carbonyl (C=O) groups is 2. The number of hydrogen-bond acceptors (Lipinski definition) is 5. The molecule has 0 radical (unpaired) electrons. The van der Waals surface area contributed by atoms with Gasteiger partial charge < -0.3 is 14.8 Å². The van der Waals surface area contributed by atoms with Gasteiger partial charge in [0.15, 0.2) is 6.61 Å². The molecular weight excluding hydrogens is 350 g/mol. The third-order valence-corrected chi connectivity index (χ3v) is 4.53. The monoisotopic (exact) mass is 367 g/mol. The van der Waals surface area contributed by atoms with Crippen molar-refractivity contribution in [3.05, 3.63) is 45.3 Å². The molecular formula is C17H18ClNO4S. The topological polar surface area (TPSA) is 64.6 Å². The van der Waals surface area contributed by atoms with Crippen LogP contribution in [0.1, 0.15) is 27.7 Å². The summed E-state index contributed by atoms with van der Waals surface area (Å²) in [5.41, 5.74) is 1.75. The van der Waals surface area contributed by atoms with Crippen molar-refractivity contribution in [2.75, 3.05) is 18.5 Å². The van der Waals surface area contributed by atoms with Crippen LogP contribution in [0.25, 0.3) is 0 Å². The Morgan fingerprint density at radius 3 is 2.71 bits per heavy atom. The molecule has 1 heterocycles. The van der Waals surface area contributed by atoms with E-state index in [4.69, 9.17) is 21.1 Å². The van der Waals surface area contributed by atoms with Gasteiger partial charge in [-0.05, 0) is 50.1 Å². The zero-order valence-electron chi connectivity index (χ0n) is 13.6. The molecule has 0 atom stereocenters. The van der Waals surface area contributed by atoms with E-state index in [0.29, 0.717) is 27.3 Å². The molecule has 0 unspecified atom stereocenters. The highest BCUT2D eigenvalue weighted by Crippen LogP contribution is 2.28. The van der Waals surface area contributed by atoms with Crippen molar-refractivity contribution >= 4 is 39.8 Å². The highest BCUT2D eigenvalue weighted by Gasteiger charge is 2.16. The molecule has 1 aromatic carbocycles. The van der Waals surface area contributed by atoms with Crippen molar-refractivity contribution in [3.63, 3.8) is 0 Å². The second-order valence-corrected chi connectivity index (χ2v) is 6.57. The SMILES string of the molecule is CCOC(=O)c1sc(NC(=O)COc2cc(C)ccc2Cl)cc1C. The first-order valence-corrected chi connectivity index (χ1v) is 8.56. The summed E-state index contributed by atoms with van der Waals surface area (Å²) in [6.45, 7) is 5.59. The van der Waals surface area contributed by atoms with Crippen LogP contribution in [0.15, 0.2) is 24.3 Å². The van der Waals surface area contributed by atoms with Gasteiger partial charge in [0.25, 0.3) is 5.91 Å². The number of anilines is 1. The quantitative estimate of drug-likeness (QED) is 0.776. The van der Waals surface area contributed by atoms with Crippen LogP contribution < -0.4 is 10.1 Å². The first-order chi connectivity index (χ1) is 11.4. The second kappa shape index (κ2) is 8.17. The number of halogens is 1. The van der Waals surface area contributed by atoms with E-state index in [2.05, 4.69) is 5.32 Å². The van der Waals surface area contributed by atoms with E-state index in [-0.39, 0.29) is 18.5 Å². The number of amides is 1. The van der Waals surface area contributed by atoms with E-state index < -0.39 is 0 Å². The van der Waals surface area contributed by atoms with Crippen molar-refractivity contribution in [2.24, 2.45) is 0 Å². The fraction of sp³-hybridized carbons (Fsp3) is 0.294. The molecule has 0 aliphatic heterocycles. The van der Waals surface area contributed by atoms with Gasteiger partial charge in [-0.3, -0.25) is 4.79 Å². The van der Waals surface area contributed by atoms with E-state index >= 15 is 0 Å². The van der Waals surface area contributed by atoms with Gasteiger partial charge in [0, 0.05) is 0 Å². The molecule has 0 aliphatic rings. The van der Waals surface area contributed by atoms with Crippen molar-refractivity contribution in [3.8, 4) is 5.75 Å². The Hall–Kier alpha value is -2.05. The maximum atomic E-state index is 12.0. The van der Waals surface area contributed by atoms with E-state index in [1.807, 2.05) is 13.0 Å². The summed E-state index contributed by atoms with van der Waals surface area (Å²) in [6.07, 6.45) is 0. The summed E-state index contributed by atoms with van der Waals surface area (Å²) in [5, 5.41) is 3.73. The van der Waals surface area contributed by atoms with Crippen molar-refractivity contribution < 1.29 is 19.1 Å². The third-order valence-electron chi connectivity index (χ3n) is 3.09. The molecule has 128 valence electrons. The van der Waals surface area contributed by atoms with Crippen LogP contribution in [0, 0.1) is 13.8 Å². The Kier molecular flexibility index (Phi) is 6.23. The molecule has 7 heteroatoms. The summed E-state index contributed by atoms with van der Waals surface area (Å²) in [5.74, 6) is -0.256. The van der Waals surface area contributed by atoms with E-state index in [1.165, 1.54) is 11.3 Å². The molecule has 0 saturated heterocycles. The Morgan fingerprint density at radius 2 is 2.00 bits per heavy atom. The largest absolute Gasteiger partial charge is 0.482 e. The van der Waals surface area contributed by atoms with E-state index in [0.717, 1.165) is 11.1 Å². The lowest BCUT2D eigenvalue weighted by atomic mass is 10.2. The summed E-state index contributed by atoms with van der Waals surface area (Å²) in [4.78, 5) is 24.3. The molecule has 0 saturated carbocycles. The van der Waals surface area contributed by atoms with Gasteiger partial charge in [0.05, 0.1) is 16.6 Å². The van der Waals surface area contributed by atoms with Crippen molar-refractivity contribution in [1.29, 1.82) is 0 Å². The number of nitrogens with one attached hydrogen (secondary N) is 1. The zero-order chi connectivity index (χ0) is 17.7. The molecule has 2 rings (SSSR count). The lowest BCUT2D eigenvalue weighted by Gasteiger charge is -2.08. The predicted molar refractivity (Wildman–Crippen MR) is 95.3 cm³/mol. The molecule has 1 amide bonds. The van der Waals surface area contributed by atoms with Crippen LogP contribution in [0.5, 0.6) is 5.75 Å². The molecule has 0 aliphatic carbocycles. The van der Waals surface area contributed by atoms with Crippen LogP contribution >= 0.6 is 22.9 Å². The highest BCUT2D eigenvalue weighted by atomic mass is 35.5. The maximum Gasteiger partial charge on any atom is 0.348 e. The lowest BCUT2D eigenvalue weighted by Crippen LogP contribution is -2.19. The van der Waals surface area contributed by atoms with Crippen LogP contribution in [0.2, 0.25) is 5.02 Å². The minimum Gasteiger partial charge on any atom is -0.482 e. The van der Waals surface area contributed by atoms with Crippen molar-refractivity contribution in [1.82, 2.24) is 0 Å². The van der Waals surface area contributed by atoms with Gasteiger partial charge in [-0.2, -0.15) is 0 Å². The fourth-order valence-corrected chi connectivity index (χ4v) is 3.14. The van der Waals surface area contributed by atoms with Crippen LogP contribution in [0.3, 0.4) is 0 Å². The molecule has 1 N–H and O–H groups in total. The van der Waals surface area contributed by atoms with Crippen LogP contribution in [-0.4, -0.2) is 25.1 Å². The average molecular weight is 368 g/mol. The average Bonchev–Trinajstić information content (AvgIpc) is 2.89. The zero-order valence-corrected chi connectivity index (χ0v) is 15.2. The number of hydrogen-bond donors (Lipinski definition) is 1. The Balaban J connectivity index is 1.96. The molecule has 24 heavy (non-hydrogen) atoms. The summed E-state index contributed by atoms with van der Waals surface area (Å²) in [7, 11) is 0. The minimum atomic E-state index is -0.386. The third kappa shape index (κ3) is 4.72. The van der Waals surface area contributed by atoms with Gasteiger partial charge in [-0.1, -0.05) is 17.7 Å². The number of aryl methyl sites for hydroxylation is 2. The Labute approximate surface area is 149 Å². The first-order valence-electron chi connectivity index (χ1n) is 7.37. The Morgan fingerprint density at radius 1 is 1.25 bits per heavy atom. The summed E-state index contributed by atoms with van der Waals surface area (Å²) >= 11 is 7.20. The van der Waals surface area contributed by atoms with Crippen LogP contribution in [0.4, 0.5) is 5.00 Å². The number of esters is 1. The van der Waals surface area contributed by atoms with Gasteiger partial charge in [-0.25, -0.2) is 4.79 Å². The van der Waals surface area contributed by atoms with E-state index in [9.17, 15) is 9.59 Å². The van der Waals surface area contributed by atoms with Gasteiger partial charge in [0.2, 0.25) is 0 Å². The highest BCUT2D eigenvalue weighted by molar-refractivity contribution is 7.18. The predicted octanol–water partition coefficient (Wildman–Crippen LogP) is 4.21. The Bertz CT molecular complexity index is 757. The molecule has 2 aromatic rings. The van der Waals surface area contributed by atoms with Gasteiger partial charge >= 0.3 is 5.97 Å². The van der Waals surface area contributed by atoms with Crippen LogP contribution in [-0.2, 0) is 9.53 Å². The normalized spacial score (nSPS) is 10.3. The first kappa shape index (κ1) is 18.3. The number of carbonyl (C=O) groups excluding carboxylic acids is 2. The van der Waals surface area contributed by atoms with Gasteiger partial charge in [-0.15, -0.1) is 11.3 Å². The number of ether oxygens (including phenoxy) is 2. The van der Waals surface area contributed by atoms with Crippen molar-refractivity contribution in [2.45, 2.75) is 20.8 Å². The summed E-state index contributed by atoms with van der Waals surface area (Å²) < 4.78 is 10.4. The fourth-order valence-electron chi connectivity index (χ4n) is 1.98. The second-order valence-electron chi connectivity index (χ2n) is 5.11. The number of benzene rings is 1. The molecule has 0 bridgehead atoms. The molecule has 0 fully saturated rings. The number of rotatable bonds is 6. The molecule has 1 aromatic heterocycles. The van der Waals surface area contributed by atoms with Gasteiger partial charge in [0.1, 0.15) is 10.6 Å². The smallest absolute Gasteiger partial charge is 0.348 e. The lowest BCUT2D eigenvalue weighted by molar-refractivity contribution is -0.118. The molecule has 5 nitrogen and oxygen atoms in total.